The summed E-state index contributed by atoms with van der Waals surface area (Å²) >= 11 is 5.99. The van der Waals surface area contributed by atoms with Crippen molar-refractivity contribution < 1.29 is 13.3 Å². The molecule has 0 aliphatic rings. The SMILES string of the molecule is Cc1cc(S(=O)(=O)Nc2cccc([N+](=O)[O-])c2C)c(C)cc1Cl. The highest BCUT2D eigenvalue weighted by Crippen LogP contribution is 2.29. The average Bonchev–Trinajstić information content (AvgIpc) is 2.44. The first-order valence-corrected chi connectivity index (χ1v) is 8.53. The topological polar surface area (TPSA) is 89.3 Å². The van der Waals surface area contributed by atoms with E-state index < -0.39 is 14.9 Å². The van der Waals surface area contributed by atoms with E-state index in [1.54, 1.807) is 19.9 Å². The molecule has 23 heavy (non-hydrogen) atoms. The van der Waals surface area contributed by atoms with Crippen LogP contribution in [-0.2, 0) is 10.0 Å². The van der Waals surface area contributed by atoms with Crippen molar-refractivity contribution in [3.05, 3.63) is 62.2 Å². The molecule has 2 aromatic carbocycles. The van der Waals surface area contributed by atoms with Crippen molar-refractivity contribution in [1.82, 2.24) is 0 Å². The molecule has 0 spiro atoms. The highest BCUT2D eigenvalue weighted by Gasteiger charge is 2.21. The zero-order valence-electron chi connectivity index (χ0n) is 12.8. The van der Waals surface area contributed by atoms with Crippen molar-refractivity contribution in [3.8, 4) is 0 Å². The van der Waals surface area contributed by atoms with Crippen LogP contribution in [0, 0.1) is 30.9 Å². The van der Waals surface area contributed by atoms with E-state index >= 15 is 0 Å². The van der Waals surface area contributed by atoms with E-state index in [4.69, 9.17) is 11.6 Å². The summed E-state index contributed by atoms with van der Waals surface area (Å²) in [6.45, 7) is 4.84. The van der Waals surface area contributed by atoms with Crippen LogP contribution in [0.25, 0.3) is 0 Å². The van der Waals surface area contributed by atoms with Crippen molar-refractivity contribution in [2.75, 3.05) is 4.72 Å². The molecule has 0 heterocycles. The van der Waals surface area contributed by atoms with Gasteiger partial charge in [-0.2, -0.15) is 0 Å². The molecule has 0 aromatic heterocycles. The Bertz CT molecular complexity index is 895. The third-order valence-electron chi connectivity index (χ3n) is 3.49. The van der Waals surface area contributed by atoms with Crippen LogP contribution in [0.4, 0.5) is 11.4 Å². The Hall–Kier alpha value is -2.12. The second-order valence-corrected chi connectivity index (χ2v) is 7.24. The molecule has 0 amide bonds. The molecule has 0 fully saturated rings. The number of benzene rings is 2. The van der Waals surface area contributed by atoms with E-state index in [1.165, 1.54) is 31.2 Å². The number of hydrogen-bond acceptors (Lipinski definition) is 4. The summed E-state index contributed by atoms with van der Waals surface area (Å²) in [7, 11) is -3.88. The van der Waals surface area contributed by atoms with Crippen molar-refractivity contribution >= 4 is 33.0 Å². The number of aryl methyl sites for hydroxylation is 2. The lowest BCUT2D eigenvalue weighted by atomic mass is 10.2. The third kappa shape index (κ3) is 3.46. The Morgan fingerprint density at radius 2 is 1.78 bits per heavy atom. The minimum absolute atomic E-state index is 0.0882. The summed E-state index contributed by atoms with van der Waals surface area (Å²) in [5, 5.41) is 11.4. The second kappa shape index (κ2) is 6.17. The molecule has 2 rings (SSSR count). The maximum absolute atomic E-state index is 12.6. The second-order valence-electron chi connectivity index (χ2n) is 5.18. The molecule has 0 aliphatic carbocycles. The van der Waals surface area contributed by atoms with Gasteiger partial charge in [-0.05, 0) is 50.1 Å². The zero-order chi connectivity index (χ0) is 17.4. The van der Waals surface area contributed by atoms with Gasteiger partial charge in [0.2, 0.25) is 0 Å². The van der Waals surface area contributed by atoms with Crippen LogP contribution in [-0.4, -0.2) is 13.3 Å². The molecule has 6 nitrogen and oxygen atoms in total. The van der Waals surface area contributed by atoms with Gasteiger partial charge in [0.15, 0.2) is 0 Å². The van der Waals surface area contributed by atoms with E-state index in [0.717, 1.165) is 0 Å². The summed E-state index contributed by atoms with van der Waals surface area (Å²) < 4.78 is 27.6. The summed E-state index contributed by atoms with van der Waals surface area (Å²) in [5.41, 5.74) is 1.41. The molecular formula is C15H15ClN2O4S. The normalized spacial score (nSPS) is 11.3. The smallest absolute Gasteiger partial charge is 0.274 e. The highest BCUT2D eigenvalue weighted by molar-refractivity contribution is 7.92. The van der Waals surface area contributed by atoms with Crippen LogP contribution in [0.2, 0.25) is 5.02 Å². The van der Waals surface area contributed by atoms with Gasteiger partial charge in [0, 0.05) is 11.1 Å². The third-order valence-corrected chi connectivity index (χ3v) is 5.41. The van der Waals surface area contributed by atoms with Crippen LogP contribution in [0.5, 0.6) is 0 Å². The van der Waals surface area contributed by atoms with Gasteiger partial charge >= 0.3 is 0 Å². The predicted molar refractivity (Wildman–Crippen MR) is 89.6 cm³/mol. The molecule has 8 heteroatoms. The number of nitrogens with one attached hydrogen (secondary N) is 1. The Morgan fingerprint density at radius 1 is 1.13 bits per heavy atom. The zero-order valence-corrected chi connectivity index (χ0v) is 14.3. The maximum atomic E-state index is 12.6. The molecule has 122 valence electrons. The van der Waals surface area contributed by atoms with Crippen LogP contribution >= 0.6 is 11.6 Å². The van der Waals surface area contributed by atoms with Crippen molar-refractivity contribution in [2.24, 2.45) is 0 Å². The lowest BCUT2D eigenvalue weighted by Gasteiger charge is -2.13. The van der Waals surface area contributed by atoms with Gasteiger partial charge in [-0.3, -0.25) is 14.8 Å². The minimum atomic E-state index is -3.88. The molecule has 0 bridgehead atoms. The summed E-state index contributed by atoms with van der Waals surface area (Å²) in [5.74, 6) is 0. The van der Waals surface area contributed by atoms with E-state index in [1.807, 2.05) is 0 Å². The monoisotopic (exact) mass is 354 g/mol. The van der Waals surface area contributed by atoms with Crippen molar-refractivity contribution in [3.63, 3.8) is 0 Å². The van der Waals surface area contributed by atoms with Crippen LogP contribution in [0.1, 0.15) is 16.7 Å². The fourth-order valence-corrected chi connectivity index (χ4v) is 3.83. The van der Waals surface area contributed by atoms with Gasteiger partial charge in [0.05, 0.1) is 21.1 Å². The minimum Gasteiger partial charge on any atom is -0.279 e. The molecule has 2 aromatic rings. The average molecular weight is 355 g/mol. The Morgan fingerprint density at radius 3 is 2.39 bits per heavy atom. The fraction of sp³-hybridized carbons (Fsp3) is 0.200. The first kappa shape index (κ1) is 17.2. The molecule has 0 saturated heterocycles. The van der Waals surface area contributed by atoms with Gasteiger partial charge in [-0.15, -0.1) is 0 Å². The Balaban J connectivity index is 2.50. The standard InChI is InChI=1S/C15H15ClN2O4S/c1-9-8-15(10(2)7-12(9)16)23(21,22)17-13-5-4-6-14(11(13)3)18(19)20/h4-8,17H,1-3H3. The van der Waals surface area contributed by atoms with Crippen LogP contribution < -0.4 is 4.72 Å². The molecule has 1 N–H and O–H groups in total. The first-order chi connectivity index (χ1) is 10.6. The molecule has 0 atom stereocenters. The van der Waals surface area contributed by atoms with E-state index in [2.05, 4.69) is 4.72 Å². The van der Waals surface area contributed by atoms with Gasteiger partial charge in [0.25, 0.3) is 15.7 Å². The first-order valence-electron chi connectivity index (χ1n) is 6.67. The lowest BCUT2D eigenvalue weighted by molar-refractivity contribution is -0.385. The largest absolute Gasteiger partial charge is 0.279 e. The molecule has 0 aliphatic heterocycles. The van der Waals surface area contributed by atoms with Gasteiger partial charge < -0.3 is 0 Å². The number of anilines is 1. The predicted octanol–water partition coefficient (Wildman–Crippen LogP) is 3.97. The van der Waals surface area contributed by atoms with Crippen LogP contribution in [0.3, 0.4) is 0 Å². The van der Waals surface area contributed by atoms with Gasteiger partial charge in [0.1, 0.15) is 0 Å². The maximum Gasteiger partial charge on any atom is 0.274 e. The van der Waals surface area contributed by atoms with Gasteiger partial charge in [-0.25, -0.2) is 8.42 Å². The molecule has 0 radical (unpaired) electrons. The Labute approximate surface area is 139 Å². The number of nitrogens with zero attached hydrogens (tertiary/aromatic N) is 1. The van der Waals surface area contributed by atoms with E-state index in [-0.39, 0.29) is 21.8 Å². The molecular weight excluding hydrogens is 340 g/mol. The van der Waals surface area contributed by atoms with E-state index in [9.17, 15) is 18.5 Å². The summed E-state index contributed by atoms with van der Waals surface area (Å²) in [6.07, 6.45) is 0. The quantitative estimate of drug-likeness (QED) is 0.664. The highest BCUT2D eigenvalue weighted by atomic mass is 35.5. The van der Waals surface area contributed by atoms with E-state index in [0.29, 0.717) is 16.1 Å². The number of nitro benzene ring substituents is 1. The number of hydrogen-bond donors (Lipinski definition) is 1. The lowest BCUT2D eigenvalue weighted by Crippen LogP contribution is -2.15. The number of nitro groups is 1. The van der Waals surface area contributed by atoms with Crippen LogP contribution in [0.15, 0.2) is 35.2 Å². The molecule has 0 saturated carbocycles. The number of sulfonamides is 1. The number of rotatable bonds is 4. The Kier molecular flexibility index (Phi) is 4.63. The van der Waals surface area contributed by atoms with Gasteiger partial charge in [-0.1, -0.05) is 17.7 Å². The van der Waals surface area contributed by atoms with Crippen molar-refractivity contribution in [1.29, 1.82) is 0 Å². The fourth-order valence-electron chi connectivity index (χ4n) is 2.18. The molecule has 0 unspecified atom stereocenters. The summed E-state index contributed by atoms with van der Waals surface area (Å²) in [4.78, 5) is 10.5. The number of halogens is 1. The summed E-state index contributed by atoms with van der Waals surface area (Å²) in [6, 6.07) is 7.30. The van der Waals surface area contributed by atoms with Crippen molar-refractivity contribution in [2.45, 2.75) is 25.7 Å².